The van der Waals surface area contributed by atoms with Gasteiger partial charge in [-0.15, -0.1) is 0 Å². The number of rotatable bonds is 2. The van der Waals surface area contributed by atoms with Crippen molar-refractivity contribution in [2.75, 3.05) is 0 Å². The fourth-order valence-electron chi connectivity index (χ4n) is 1.22. The van der Waals surface area contributed by atoms with Gasteiger partial charge in [0.15, 0.2) is 0 Å². The van der Waals surface area contributed by atoms with E-state index in [1.165, 1.54) is 0 Å². The lowest BCUT2D eigenvalue weighted by atomic mass is 10.3. The molecule has 0 radical (unpaired) electrons. The van der Waals surface area contributed by atoms with Crippen LogP contribution in [0.1, 0.15) is 0 Å². The van der Waals surface area contributed by atoms with E-state index in [-0.39, 0.29) is 0 Å². The van der Waals surface area contributed by atoms with Crippen LogP contribution >= 0.6 is 47.8 Å². The Morgan fingerprint density at radius 1 is 0.812 bits per heavy atom. The highest BCUT2D eigenvalue weighted by atomic mass is 79.9. The number of benzene rings is 2. The van der Waals surface area contributed by atoms with Gasteiger partial charge in [0.1, 0.15) is 11.5 Å². The second-order valence-electron chi connectivity index (χ2n) is 3.13. The summed E-state index contributed by atoms with van der Waals surface area (Å²) in [6, 6.07) is 13.5. The first-order valence-corrected chi connectivity index (χ1v) is 6.91. The minimum atomic E-state index is 0.793. The van der Waals surface area contributed by atoms with E-state index >= 15 is 0 Å². The lowest BCUT2D eigenvalue weighted by Gasteiger charge is -2.08. The molecule has 4 heteroatoms. The normalized spacial score (nSPS) is 10.2. The average molecular weight is 407 g/mol. The summed E-state index contributed by atoms with van der Waals surface area (Å²) in [5.41, 5.74) is 0. The first-order valence-electron chi connectivity index (χ1n) is 4.53. The Labute approximate surface area is 119 Å². The molecule has 0 fully saturated rings. The zero-order chi connectivity index (χ0) is 11.5. The summed E-state index contributed by atoms with van der Waals surface area (Å²) in [5.74, 6) is 1.60. The van der Waals surface area contributed by atoms with Crippen molar-refractivity contribution >= 4 is 47.8 Å². The van der Waals surface area contributed by atoms with Gasteiger partial charge in [0.05, 0.1) is 4.47 Å². The van der Waals surface area contributed by atoms with Crippen LogP contribution < -0.4 is 4.74 Å². The minimum Gasteiger partial charge on any atom is -0.456 e. The molecule has 0 aliphatic heterocycles. The number of halogens is 3. The molecule has 0 bridgehead atoms. The fourth-order valence-corrected chi connectivity index (χ4v) is 2.72. The Hall–Kier alpha value is -0.320. The summed E-state index contributed by atoms with van der Waals surface area (Å²) in [7, 11) is 0. The Kier molecular flexibility index (Phi) is 4.05. The third kappa shape index (κ3) is 3.09. The summed E-state index contributed by atoms with van der Waals surface area (Å²) in [6.45, 7) is 0. The standard InChI is InChI=1S/C12H7Br3O/c13-8-2-1-3-10(6-8)16-12-5-4-9(14)7-11(12)15/h1-7H. The summed E-state index contributed by atoms with van der Waals surface area (Å²) in [6.07, 6.45) is 0. The molecule has 1 nitrogen and oxygen atoms in total. The van der Waals surface area contributed by atoms with Crippen LogP contribution in [-0.2, 0) is 0 Å². The van der Waals surface area contributed by atoms with Crippen molar-refractivity contribution in [3.05, 3.63) is 55.9 Å². The fraction of sp³-hybridized carbons (Fsp3) is 0. The average Bonchev–Trinajstić information content (AvgIpc) is 2.22. The van der Waals surface area contributed by atoms with Crippen molar-refractivity contribution < 1.29 is 4.74 Å². The smallest absolute Gasteiger partial charge is 0.141 e. The summed E-state index contributed by atoms with van der Waals surface area (Å²) >= 11 is 10.3. The molecule has 2 aromatic carbocycles. The molecule has 0 atom stereocenters. The monoisotopic (exact) mass is 404 g/mol. The summed E-state index contributed by atoms with van der Waals surface area (Å²) in [4.78, 5) is 0. The second kappa shape index (κ2) is 5.34. The molecule has 0 N–H and O–H groups in total. The second-order valence-corrected chi connectivity index (χ2v) is 5.82. The maximum atomic E-state index is 5.75. The van der Waals surface area contributed by atoms with Gasteiger partial charge in [-0.3, -0.25) is 0 Å². The van der Waals surface area contributed by atoms with Gasteiger partial charge in [-0.25, -0.2) is 0 Å². The topological polar surface area (TPSA) is 9.23 Å². The molecule has 0 spiro atoms. The van der Waals surface area contributed by atoms with Gasteiger partial charge in [0.25, 0.3) is 0 Å². The van der Waals surface area contributed by atoms with Crippen molar-refractivity contribution in [1.82, 2.24) is 0 Å². The summed E-state index contributed by atoms with van der Waals surface area (Å²) in [5, 5.41) is 0. The van der Waals surface area contributed by atoms with Crippen LogP contribution in [0.25, 0.3) is 0 Å². The van der Waals surface area contributed by atoms with Gasteiger partial charge < -0.3 is 4.74 Å². The zero-order valence-electron chi connectivity index (χ0n) is 8.08. The van der Waals surface area contributed by atoms with Crippen LogP contribution in [0.15, 0.2) is 55.9 Å². The predicted molar refractivity (Wildman–Crippen MR) is 76.1 cm³/mol. The van der Waals surface area contributed by atoms with Crippen LogP contribution in [0.3, 0.4) is 0 Å². The molecule has 0 unspecified atom stereocenters. The van der Waals surface area contributed by atoms with Gasteiger partial charge in [-0.05, 0) is 52.3 Å². The SMILES string of the molecule is Brc1cccc(Oc2ccc(Br)cc2Br)c1. The van der Waals surface area contributed by atoms with Crippen molar-refractivity contribution in [3.63, 3.8) is 0 Å². The van der Waals surface area contributed by atoms with E-state index in [1.807, 2.05) is 42.5 Å². The van der Waals surface area contributed by atoms with E-state index in [9.17, 15) is 0 Å². The third-order valence-electron chi connectivity index (χ3n) is 1.92. The van der Waals surface area contributed by atoms with E-state index in [0.717, 1.165) is 24.9 Å². The molecular formula is C12H7Br3O. The largest absolute Gasteiger partial charge is 0.456 e. The Balaban J connectivity index is 2.27. The molecule has 16 heavy (non-hydrogen) atoms. The Bertz CT molecular complexity index is 511. The molecule has 0 amide bonds. The molecule has 0 heterocycles. The van der Waals surface area contributed by atoms with Gasteiger partial charge in [-0.2, -0.15) is 0 Å². The molecule has 2 aromatic rings. The number of hydrogen-bond acceptors (Lipinski definition) is 1. The molecule has 2 rings (SSSR count). The van der Waals surface area contributed by atoms with E-state index in [1.54, 1.807) is 0 Å². The molecule has 0 saturated heterocycles. The highest BCUT2D eigenvalue weighted by Crippen LogP contribution is 2.32. The van der Waals surface area contributed by atoms with Crippen LogP contribution in [0.2, 0.25) is 0 Å². The van der Waals surface area contributed by atoms with E-state index in [0.29, 0.717) is 0 Å². The van der Waals surface area contributed by atoms with Gasteiger partial charge in [0, 0.05) is 8.95 Å². The third-order valence-corrected chi connectivity index (χ3v) is 3.52. The van der Waals surface area contributed by atoms with Crippen LogP contribution in [0.5, 0.6) is 11.5 Å². The lowest BCUT2D eigenvalue weighted by Crippen LogP contribution is -1.85. The van der Waals surface area contributed by atoms with E-state index < -0.39 is 0 Å². The van der Waals surface area contributed by atoms with E-state index in [2.05, 4.69) is 47.8 Å². The highest BCUT2D eigenvalue weighted by molar-refractivity contribution is 9.11. The maximum absolute atomic E-state index is 5.75. The number of ether oxygens (including phenoxy) is 1. The maximum Gasteiger partial charge on any atom is 0.141 e. The van der Waals surface area contributed by atoms with Gasteiger partial charge in [0.2, 0.25) is 0 Å². The van der Waals surface area contributed by atoms with Crippen molar-refractivity contribution in [2.45, 2.75) is 0 Å². The van der Waals surface area contributed by atoms with Gasteiger partial charge in [-0.1, -0.05) is 37.9 Å². The van der Waals surface area contributed by atoms with Crippen molar-refractivity contribution in [2.24, 2.45) is 0 Å². The Morgan fingerprint density at radius 3 is 2.25 bits per heavy atom. The zero-order valence-corrected chi connectivity index (χ0v) is 12.8. The molecule has 82 valence electrons. The molecule has 0 aliphatic carbocycles. The predicted octanol–water partition coefficient (Wildman–Crippen LogP) is 5.77. The van der Waals surface area contributed by atoms with Crippen LogP contribution in [0, 0.1) is 0 Å². The molecular weight excluding hydrogens is 400 g/mol. The molecule has 0 aromatic heterocycles. The minimum absolute atomic E-state index is 0.793. The highest BCUT2D eigenvalue weighted by Gasteiger charge is 2.03. The van der Waals surface area contributed by atoms with Crippen LogP contribution in [-0.4, -0.2) is 0 Å². The Morgan fingerprint density at radius 2 is 1.56 bits per heavy atom. The first-order chi connectivity index (χ1) is 7.65. The molecule has 0 saturated carbocycles. The first kappa shape index (κ1) is 12.1. The van der Waals surface area contributed by atoms with Gasteiger partial charge >= 0.3 is 0 Å². The van der Waals surface area contributed by atoms with Crippen LogP contribution in [0.4, 0.5) is 0 Å². The van der Waals surface area contributed by atoms with Crippen molar-refractivity contribution in [3.8, 4) is 11.5 Å². The van der Waals surface area contributed by atoms with E-state index in [4.69, 9.17) is 4.74 Å². The van der Waals surface area contributed by atoms with Crippen molar-refractivity contribution in [1.29, 1.82) is 0 Å². The quantitative estimate of drug-likeness (QED) is 0.615. The summed E-state index contributed by atoms with van der Waals surface area (Å²) < 4.78 is 8.68. The molecule has 0 aliphatic rings. The lowest BCUT2D eigenvalue weighted by molar-refractivity contribution is 0.479. The number of hydrogen-bond donors (Lipinski definition) is 0.